The molecule has 11 heteroatoms. The molecule has 1 atom stereocenters. The van der Waals surface area contributed by atoms with E-state index in [1.807, 2.05) is 16.7 Å². The summed E-state index contributed by atoms with van der Waals surface area (Å²) < 4.78 is 52.4. The number of halogens is 1. The van der Waals surface area contributed by atoms with Crippen molar-refractivity contribution in [3.63, 3.8) is 0 Å². The zero-order valence-corrected chi connectivity index (χ0v) is 19.0. The van der Waals surface area contributed by atoms with Crippen LogP contribution in [0.25, 0.3) is 21.9 Å². The van der Waals surface area contributed by atoms with Crippen molar-refractivity contribution in [2.75, 3.05) is 17.8 Å². The second-order valence-electron chi connectivity index (χ2n) is 7.84. The minimum Gasteiger partial charge on any atom is -0.322 e. The molecule has 0 radical (unpaired) electrons. The van der Waals surface area contributed by atoms with E-state index in [9.17, 15) is 16.8 Å². The van der Waals surface area contributed by atoms with Crippen molar-refractivity contribution in [2.45, 2.75) is 24.0 Å². The number of sulfone groups is 2. The molecule has 2 aromatic carbocycles. The number of nitrogens with zero attached hydrogens (tertiary/aromatic N) is 4. The Morgan fingerprint density at radius 1 is 1.16 bits per heavy atom. The Hall–Kier alpha value is -2.43. The Kier molecular flexibility index (Phi) is 4.65. The van der Waals surface area contributed by atoms with Crippen LogP contribution in [0.2, 0.25) is 5.02 Å². The molecule has 0 aliphatic carbocycles. The summed E-state index contributed by atoms with van der Waals surface area (Å²) >= 11 is 6.15. The predicted octanol–water partition coefficient (Wildman–Crippen LogP) is 2.85. The van der Waals surface area contributed by atoms with Crippen molar-refractivity contribution < 1.29 is 16.8 Å². The van der Waals surface area contributed by atoms with Gasteiger partial charge in [-0.05, 0) is 36.8 Å². The third-order valence-electron chi connectivity index (χ3n) is 5.56. The molecule has 1 aliphatic rings. The molecule has 2 aromatic heterocycles. The minimum atomic E-state index is -3.53. The molecule has 1 aliphatic heterocycles. The molecule has 162 valence electrons. The monoisotopic (exact) mass is 478 g/mol. The van der Waals surface area contributed by atoms with Crippen molar-refractivity contribution >= 4 is 53.2 Å². The summed E-state index contributed by atoms with van der Waals surface area (Å²) in [5, 5.41) is 5.46. The first-order valence-electron chi connectivity index (χ1n) is 9.65. The summed E-state index contributed by atoms with van der Waals surface area (Å²) in [4.78, 5) is 4.71. The van der Waals surface area contributed by atoms with Gasteiger partial charge in [-0.15, -0.1) is 0 Å². The third kappa shape index (κ3) is 3.62. The molecule has 1 unspecified atom stereocenters. The maximum atomic E-state index is 12.3. The molecular formula is C20H19ClN4O4S2. The number of para-hydroxylation sites is 1. The van der Waals surface area contributed by atoms with Crippen molar-refractivity contribution in [3.05, 3.63) is 53.3 Å². The number of benzene rings is 2. The van der Waals surface area contributed by atoms with E-state index in [0.717, 1.165) is 11.8 Å². The molecule has 4 aromatic rings. The molecule has 1 saturated heterocycles. The summed E-state index contributed by atoms with van der Waals surface area (Å²) in [6.07, 6.45) is 1.63. The van der Waals surface area contributed by atoms with E-state index in [0.29, 0.717) is 33.7 Å². The van der Waals surface area contributed by atoms with E-state index in [2.05, 4.69) is 5.10 Å². The fourth-order valence-corrected chi connectivity index (χ4v) is 6.93. The zero-order chi connectivity index (χ0) is 22.0. The van der Waals surface area contributed by atoms with E-state index < -0.39 is 19.7 Å². The van der Waals surface area contributed by atoms with Crippen LogP contribution in [0.15, 0.2) is 47.5 Å². The maximum absolute atomic E-state index is 12.3. The SMILES string of the molecule is CS(=O)(=O)c1nn(Cc2nc3cc(Cl)ccc3n2C2CCS(=O)(=O)C2)c2ccccc12. The number of aromatic nitrogens is 4. The van der Waals surface area contributed by atoms with Gasteiger partial charge >= 0.3 is 0 Å². The molecule has 3 heterocycles. The molecule has 0 N–H and O–H groups in total. The second kappa shape index (κ2) is 7.04. The fourth-order valence-electron chi connectivity index (χ4n) is 4.25. The quantitative estimate of drug-likeness (QED) is 0.446. The van der Waals surface area contributed by atoms with Crippen LogP contribution in [0.1, 0.15) is 18.3 Å². The smallest absolute Gasteiger partial charge is 0.195 e. The lowest BCUT2D eigenvalue weighted by molar-refractivity contribution is 0.523. The van der Waals surface area contributed by atoms with Gasteiger partial charge in [0.1, 0.15) is 5.82 Å². The molecule has 8 nitrogen and oxygen atoms in total. The van der Waals surface area contributed by atoms with Crippen LogP contribution in [0, 0.1) is 0 Å². The summed E-state index contributed by atoms with van der Waals surface area (Å²) in [7, 11) is -6.64. The zero-order valence-electron chi connectivity index (χ0n) is 16.6. The summed E-state index contributed by atoms with van der Waals surface area (Å²) in [5.41, 5.74) is 2.12. The predicted molar refractivity (Wildman–Crippen MR) is 119 cm³/mol. The fraction of sp³-hybridized carbons (Fsp3) is 0.300. The van der Waals surface area contributed by atoms with Crippen LogP contribution in [-0.2, 0) is 26.2 Å². The van der Waals surface area contributed by atoms with Crippen molar-refractivity contribution in [1.82, 2.24) is 19.3 Å². The van der Waals surface area contributed by atoms with E-state index in [1.54, 1.807) is 35.0 Å². The van der Waals surface area contributed by atoms with Crippen LogP contribution in [0.5, 0.6) is 0 Å². The lowest BCUT2D eigenvalue weighted by atomic mass is 10.2. The first-order valence-corrected chi connectivity index (χ1v) is 13.7. The molecule has 1 fully saturated rings. The molecule has 0 bridgehead atoms. The number of imidazole rings is 1. The summed E-state index contributed by atoms with van der Waals surface area (Å²) in [6.45, 7) is 0.193. The normalized spacial score (nSPS) is 18.8. The third-order valence-corrected chi connectivity index (χ3v) is 8.55. The number of hydrogen-bond donors (Lipinski definition) is 0. The van der Waals surface area contributed by atoms with Crippen molar-refractivity contribution in [2.24, 2.45) is 0 Å². The Bertz CT molecular complexity index is 1550. The van der Waals surface area contributed by atoms with Crippen molar-refractivity contribution in [1.29, 1.82) is 0 Å². The van der Waals surface area contributed by atoms with Crippen LogP contribution >= 0.6 is 11.6 Å². The molecule has 0 amide bonds. The van der Waals surface area contributed by atoms with Crippen LogP contribution in [0.4, 0.5) is 0 Å². The molecule has 0 saturated carbocycles. The van der Waals surface area contributed by atoms with Gasteiger partial charge in [0.25, 0.3) is 0 Å². The van der Waals surface area contributed by atoms with Gasteiger partial charge in [0.15, 0.2) is 24.7 Å². The Balaban J connectivity index is 1.69. The average Bonchev–Trinajstić information content (AvgIpc) is 3.34. The minimum absolute atomic E-state index is 0.0113. The maximum Gasteiger partial charge on any atom is 0.195 e. The van der Waals surface area contributed by atoms with E-state index in [-0.39, 0.29) is 29.1 Å². The lowest BCUT2D eigenvalue weighted by Gasteiger charge is -2.15. The van der Waals surface area contributed by atoms with Gasteiger partial charge in [0.2, 0.25) is 0 Å². The van der Waals surface area contributed by atoms with Crippen LogP contribution in [0.3, 0.4) is 0 Å². The van der Waals surface area contributed by atoms with Crippen molar-refractivity contribution in [3.8, 4) is 0 Å². The average molecular weight is 479 g/mol. The standard InChI is InChI=1S/C20H19ClN4O4S2/c1-30(26,27)20-15-4-2-3-5-17(15)24(23-20)11-19-22-16-10-13(21)6-7-18(16)25(19)14-8-9-31(28,29)12-14/h2-7,10,14H,8-9,11-12H2,1H3. The van der Waals surface area contributed by atoms with Gasteiger partial charge < -0.3 is 4.57 Å². The highest BCUT2D eigenvalue weighted by Gasteiger charge is 2.32. The first-order chi connectivity index (χ1) is 14.6. The largest absolute Gasteiger partial charge is 0.322 e. The highest BCUT2D eigenvalue weighted by atomic mass is 35.5. The highest BCUT2D eigenvalue weighted by Crippen LogP contribution is 2.32. The van der Waals surface area contributed by atoms with Gasteiger partial charge in [0, 0.05) is 16.7 Å². The molecular weight excluding hydrogens is 460 g/mol. The highest BCUT2D eigenvalue weighted by molar-refractivity contribution is 7.91. The van der Waals surface area contributed by atoms with E-state index in [1.165, 1.54) is 0 Å². The Morgan fingerprint density at radius 3 is 2.65 bits per heavy atom. The Morgan fingerprint density at radius 2 is 1.94 bits per heavy atom. The van der Waals surface area contributed by atoms with Gasteiger partial charge in [0.05, 0.1) is 40.6 Å². The topological polar surface area (TPSA) is 104 Å². The van der Waals surface area contributed by atoms with Gasteiger partial charge in [-0.3, -0.25) is 4.68 Å². The summed E-state index contributed by atoms with van der Waals surface area (Å²) in [5.74, 6) is 0.781. The number of fused-ring (bicyclic) bond motifs is 2. The molecule has 0 spiro atoms. The van der Waals surface area contributed by atoms with Gasteiger partial charge in [-0.1, -0.05) is 23.7 Å². The van der Waals surface area contributed by atoms with Crippen LogP contribution in [-0.4, -0.2) is 53.9 Å². The summed E-state index contributed by atoms with van der Waals surface area (Å²) in [6, 6.07) is 12.2. The number of rotatable bonds is 4. The van der Waals surface area contributed by atoms with E-state index in [4.69, 9.17) is 16.6 Å². The molecule has 5 rings (SSSR count). The Labute approximate surface area is 184 Å². The number of hydrogen-bond acceptors (Lipinski definition) is 6. The lowest BCUT2D eigenvalue weighted by Crippen LogP contribution is -2.16. The van der Waals surface area contributed by atoms with E-state index >= 15 is 0 Å². The van der Waals surface area contributed by atoms with Crippen LogP contribution < -0.4 is 0 Å². The second-order valence-corrected chi connectivity index (χ2v) is 12.4. The molecule has 31 heavy (non-hydrogen) atoms. The first kappa shape index (κ1) is 20.5. The van der Waals surface area contributed by atoms with Gasteiger partial charge in [-0.2, -0.15) is 5.10 Å². The van der Waals surface area contributed by atoms with Gasteiger partial charge in [-0.25, -0.2) is 21.8 Å².